The predicted molar refractivity (Wildman–Crippen MR) is 141 cm³/mol. The lowest BCUT2D eigenvalue weighted by atomic mass is 10.0. The van der Waals surface area contributed by atoms with E-state index in [4.69, 9.17) is 4.52 Å². The number of nitrogens with zero attached hydrogens (tertiary/aromatic N) is 4. The minimum atomic E-state index is -0.521. The lowest BCUT2D eigenvalue weighted by molar-refractivity contribution is -0.128. The third kappa shape index (κ3) is 5.27. The molecule has 9 nitrogen and oxygen atoms in total. The number of nitrogens with one attached hydrogen (secondary N) is 2. The standard InChI is InChI=1S/C28H32N6O3/c1-4-24-31-26(37-32-24)25-20(14-15-33(2)3)21-16-18(10-12-22(21)29-25)11-13-23-27(35)34(28(36)30-23)17-19-8-6-5-7-9-19/h5-10,12,16,23,29H,4,11,13-15,17H2,1-3H3,(H,30,36). The molecular formula is C28H32N6O3. The number of aromatic amines is 1. The number of benzene rings is 2. The zero-order chi connectivity index (χ0) is 25.9. The van der Waals surface area contributed by atoms with Gasteiger partial charge in [-0.25, -0.2) is 4.79 Å². The van der Waals surface area contributed by atoms with Crippen LogP contribution in [-0.2, 0) is 30.6 Å². The molecule has 37 heavy (non-hydrogen) atoms. The first-order valence-electron chi connectivity index (χ1n) is 12.7. The third-order valence-electron chi connectivity index (χ3n) is 6.79. The Balaban J connectivity index is 1.34. The van der Waals surface area contributed by atoms with Crippen LogP contribution < -0.4 is 5.32 Å². The number of aromatic nitrogens is 3. The number of rotatable bonds is 10. The van der Waals surface area contributed by atoms with Crippen molar-refractivity contribution in [1.82, 2.24) is 30.2 Å². The van der Waals surface area contributed by atoms with Crippen molar-refractivity contribution in [3.05, 3.63) is 71.0 Å². The second-order valence-corrected chi connectivity index (χ2v) is 9.73. The van der Waals surface area contributed by atoms with Gasteiger partial charge in [-0.3, -0.25) is 9.69 Å². The van der Waals surface area contributed by atoms with Gasteiger partial charge < -0.3 is 19.7 Å². The average Bonchev–Trinajstić information content (AvgIpc) is 3.59. The van der Waals surface area contributed by atoms with Crippen LogP contribution in [0.5, 0.6) is 0 Å². The highest BCUT2D eigenvalue weighted by Gasteiger charge is 2.37. The molecule has 3 heterocycles. The fraction of sp³-hybridized carbons (Fsp3) is 0.357. The smallest absolute Gasteiger partial charge is 0.325 e. The van der Waals surface area contributed by atoms with Crippen LogP contribution in [0.3, 0.4) is 0 Å². The quantitative estimate of drug-likeness (QED) is 0.320. The number of H-pyrrole nitrogens is 1. The molecule has 1 atom stereocenters. The van der Waals surface area contributed by atoms with E-state index >= 15 is 0 Å². The summed E-state index contributed by atoms with van der Waals surface area (Å²) in [7, 11) is 4.10. The molecule has 0 aliphatic carbocycles. The number of imide groups is 1. The number of aryl methyl sites for hydroxylation is 2. The van der Waals surface area contributed by atoms with Crippen molar-refractivity contribution in [3.63, 3.8) is 0 Å². The zero-order valence-corrected chi connectivity index (χ0v) is 21.5. The molecule has 1 aliphatic heterocycles. The second-order valence-electron chi connectivity index (χ2n) is 9.73. The average molecular weight is 501 g/mol. The monoisotopic (exact) mass is 500 g/mol. The summed E-state index contributed by atoms with van der Waals surface area (Å²) in [5.41, 5.74) is 5.03. The molecule has 192 valence electrons. The summed E-state index contributed by atoms with van der Waals surface area (Å²) in [5.74, 6) is 1.01. The molecule has 1 fully saturated rings. The summed E-state index contributed by atoms with van der Waals surface area (Å²) >= 11 is 0. The summed E-state index contributed by atoms with van der Waals surface area (Å²) in [6.07, 6.45) is 2.73. The van der Waals surface area contributed by atoms with Gasteiger partial charge in [0.05, 0.1) is 6.54 Å². The van der Waals surface area contributed by atoms with Gasteiger partial charge in [-0.05, 0) is 62.2 Å². The molecule has 1 aliphatic rings. The van der Waals surface area contributed by atoms with Crippen molar-refractivity contribution >= 4 is 22.8 Å². The van der Waals surface area contributed by atoms with Gasteiger partial charge in [0.25, 0.3) is 11.8 Å². The molecule has 1 unspecified atom stereocenters. The molecule has 0 bridgehead atoms. The Morgan fingerprint density at radius 1 is 1.05 bits per heavy atom. The van der Waals surface area contributed by atoms with Crippen LogP contribution >= 0.6 is 0 Å². The van der Waals surface area contributed by atoms with Crippen molar-refractivity contribution in [3.8, 4) is 11.6 Å². The van der Waals surface area contributed by atoms with Gasteiger partial charge in [-0.2, -0.15) is 4.98 Å². The van der Waals surface area contributed by atoms with E-state index in [-0.39, 0.29) is 18.5 Å². The number of fused-ring (bicyclic) bond motifs is 1. The Kier molecular flexibility index (Phi) is 7.05. The van der Waals surface area contributed by atoms with Crippen LogP contribution in [0.2, 0.25) is 0 Å². The van der Waals surface area contributed by atoms with Gasteiger partial charge in [0.15, 0.2) is 5.82 Å². The van der Waals surface area contributed by atoms with Crippen molar-refractivity contribution in [2.45, 2.75) is 45.2 Å². The van der Waals surface area contributed by atoms with Crippen molar-refractivity contribution in [1.29, 1.82) is 0 Å². The number of hydrogen-bond acceptors (Lipinski definition) is 6. The van der Waals surface area contributed by atoms with E-state index < -0.39 is 6.04 Å². The maximum absolute atomic E-state index is 13.0. The van der Waals surface area contributed by atoms with Crippen molar-refractivity contribution in [2.24, 2.45) is 0 Å². The van der Waals surface area contributed by atoms with Gasteiger partial charge in [-0.15, -0.1) is 0 Å². The molecule has 0 radical (unpaired) electrons. The van der Waals surface area contributed by atoms with Crippen molar-refractivity contribution in [2.75, 3.05) is 20.6 Å². The molecule has 2 N–H and O–H groups in total. The fourth-order valence-electron chi connectivity index (χ4n) is 4.73. The van der Waals surface area contributed by atoms with Crippen LogP contribution in [0.4, 0.5) is 4.79 Å². The predicted octanol–water partition coefficient (Wildman–Crippen LogP) is 3.94. The van der Waals surface area contributed by atoms with E-state index in [1.54, 1.807) is 0 Å². The van der Waals surface area contributed by atoms with Crippen LogP contribution in [0.1, 0.15) is 35.9 Å². The van der Waals surface area contributed by atoms with Gasteiger partial charge in [-0.1, -0.05) is 48.5 Å². The lowest BCUT2D eigenvalue weighted by Crippen LogP contribution is -2.31. The van der Waals surface area contributed by atoms with E-state index in [0.717, 1.165) is 46.3 Å². The molecule has 4 aromatic rings. The first kappa shape index (κ1) is 24.7. The third-order valence-corrected chi connectivity index (χ3v) is 6.79. The summed E-state index contributed by atoms with van der Waals surface area (Å²) in [6.45, 7) is 3.15. The number of carbonyl (C=O) groups excluding carboxylic acids is 2. The number of carbonyl (C=O) groups is 2. The Morgan fingerprint density at radius 2 is 1.86 bits per heavy atom. The van der Waals surface area contributed by atoms with Crippen LogP contribution in [0.25, 0.3) is 22.5 Å². The number of likely N-dealkylation sites (N-methyl/N-ethyl adjacent to an activating group) is 1. The van der Waals surface area contributed by atoms with Crippen LogP contribution in [-0.4, -0.2) is 63.5 Å². The van der Waals surface area contributed by atoms with Gasteiger partial charge in [0.1, 0.15) is 11.7 Å². The lowest BCUT2D eigenvalue weighted by Gasteiger charge is -2.13. The first-order chi connectivity index (χ1) is 17.9. The number of hydrogen-bond donors (Lipinski definition) is 2. The topological polar surface area (TPSA) is 107 Å². The molecule has 2 aromatic carbocycles. The van der Waals surface area contributed by atoms with Crippen molar-refractivity contribution < 1.29 is 14.1 Å². The molecule has 1 saturated heterocycles. The Morgan fingerprint density at radius 3 is 2.59 bits per heavy atom. The molecule has 2 aromatic heterocycles. The fourth-order valence-corrected chi connectivity index (χ4v) is 4.73. The van der Waals surface area contributed by atoms with E-state index in [1.807, 2.05) is 37.3 Å². The summed E-state index contributed by atoms with van der Waals surface area (Å²) < 4.78 is 5.55. The molecular weight excluding hydrogens is 468 g/mol. The molecule has 3 amide bonds. The largest absolute Gasteiger partial charge is 0.350 e. The molecule has 0 spiro atoms. The number of amides is 3. The van der Waals surface area contributed by atoms with E-state index in [0.29, 0.717) is 31.0 Å². The minimum absolute atomic E-state index is 0.173. The number of urea groups is 1. The van der Waals surface area contributed by atoms with Gasteiger partial charge in [0, 0.05) is 23.9 Å². The van der Waals surface area contributed by atoms with E-state index in [1.165, 1.54) is 4.90 Å². The summed E-state index contributed by atoms with van der Waals surface area (Å²) in [5, 5.41) is 8.03. The minimum Gasteiger partial charge on any atom is -0.350 e. The first-order valence-corrected chi connectivity index (χ1v) is 12.7. The van der Waals surface area contributed by atoms with Crippen LogP contribution in [0.15, 0.2) is 53.1 Å². The van der Waals surface area contributed by atoms with E-state index in [9.17, 15) is 9.59 Å². The maximum Gasteiger partial charge on any atom is 0.325 e. The zero-order valence-electron chi connectivity index (χ0n) is 21.5. The Bertz CT molecular complexity index is 1410. The highest BCUT2D eigenvalue weighted by atomic mass is 16.5. The normalized spacial score (nSPS) is 15.8. The Hall–Kier alpha value is -3.98. The highest BCUT2D eigenvalue weighted by Crippen LogP contribution is 2.31. The van der Waals surface area contributed by atoms with Gasteiger partial charge in [0.2, 0.25) is 0 Å². The summed E-state index contributed by atoms with van der Waals surface area (Å²) in [6, 6.07) is 15.0. The van der Waals surface area contributed by atoms with Crippen LogP contribution in [0, 0.1) is 0 Å². The second kappa shape index (κ2) is 10.6. The SMILES string of the molecule is CCc1noc(-c2[nH]c3ccc(CCC4NC(=O)N(Cc5ccccc5)C4=O)cc3c2CCN(C)C)n1. The maximum atomic E-state index is 13.0. The molecule has 9 heteroatoms. The highest BCUT2D eigenvalue weighted by molar-refractivity contribution is 6.04. The summed E-state index contributed by atoms with van der Waals surface area (Å²) in [4.78, 5) is 36.9. The molecule has 5 rings (SSSR count). The van der Waals surface area contributed by atoms with Gasteiger partial charge >= 0.3 is 6.03 Å². The van der Waals surface area contributed by atoms with E-state index in [2.05, 4.69) is 57.6 Å². The Labute approximate surface area is 215 Å². The molecule has 0 saturated carbocycles.